The Kier molecular flexibility index (Phi) is 6.11. The van der Waals surface area contributed by atoms with Crippen molar-refractivity contribution in [3.63, 3.8) is 0 Å². The number of aromatic nitrogens is 2. The Hall–Kier alpha value is -2.12. The molecule has 0 unspecified atom stereocenters. The predicted molar refractivity (Wildman–Crippen MR) is 106 cm³/mol. The topological polar surface area (TPSA) is 68.0 Å². The first kappa shape index (κ1) is 18.7. The van der Waals surface area contributed by atoms with Crippen molar-refractivity contribution in [2.24, 2.45) is 0 Å². The lowest BCUT2D eigenvalue weighted by Gasteiger charge is -2.06. The van der Waals surface area contributed by atoms with Crippen LogP contribution in [-0.2, 0) is 23.4 Å². The van der Waals surface area contributed by atoms with Crippen LogP contribution in [0.2, 0.25) is 0 Å². The molecule has 7 heteroatoms. The lowest BCUT2D eigenvalue weighted by Crippen LogP contribution is -2.14. The molecular weight excluding hydrogens is 366 g/mol. The second-order valence-electron chi connectivity index (χ2n) is 6.00. The molecule has 0 saturated carbocycles. The summed E-state index contributed by atoms with van der Waals surface area (Å²) in [7, 11) is 0. The predicted octanol–water partition coefficient (Wildman–Crippen LogP) is 4.78. The van der Waals surface area contributed by atoms with Crippen molar-refractivity contribution in [3.05, 3.63) is 58.9 Å². The summed E-state index contributed by atoms with van der Waals surface area (Å²) in [4.78, 5) is 20.8. The van der Waals surface area contributed by atoms with Gasteiger partial charge in [0.15, 0.2) is 5.13 Å². The maximum atomic E-state index is 12.3. The van der Waals surface area contributed by atoms with Crippen LogP contribution in [0.5, 0.6) is 0 Å². The number of thioether (sulfide) groups is 1. The van der Waals surface area contributed by atoms with Crippen LogP contribution < -0.4 is 5.32 Å². The number of aryl methyl sites for hydroxylation is 3. The molecule has 2 aromatic heterocycles. The molecule has 3 aromatic rings. The minimum absolute atomic E-state index is 0.0510. The third kappa shape index (κ3) is 4.95. The van der Waals surface area contributed by atoms with Gasteiger partial charge in [-0.2, -0.15) is 0 Å². The molecule has 1 N–H and O–H groups in total. The molecule has 26 heavy (non-hydrogen) atoms. The van der Waals surface area contributed by atoms with Crippen LogP contribution in [-0.4, -0.2) is 15.9 Å². The summed E-state index contributed by atoms with van der Waals surface area (Å²) in [6, 6.07) is 6.15. The Balaban J connectivity index is 1.54. The standard InChI is InChI=1S/C19H21N3O2S2/c1-4-15-9-20-17(24-15)11-25-18-10-21-19(26-18)22-16(23)8-14-7-12(2)5-6-13(14)3/h5-7,9-10H,4,8,11H2,1-3H3,(H,21,22,23). The molecule has 0 radical (unpaired) electrons. The van der Waals surface area contributed by atoms with Crippen LogP contribution in [0.1, 0.15) is 35.3 Å². The SMILES string of the molecule is CCc1cnc(CSc2cnc(NC(=O)Cc3cc(C)ccc3C)s2)o1. The van der Waals surface area contributed by atoms with Gasteiger partial charge in [-0.3, -0.25) is 4.79 Å². The first-order valence-electron chi connectivity index (χ1n) is 8.41. The number of oxazole rings is 1. The molecule has 5 nitrogen and oxygen atoms in total. The summed E-state index contributed by atoms with van der Waals surface area (Å²) >= 11 is 3.06. The maximum Gasteiger partial charge on any atom is 0.230 e. The molecule has 3 rings (SSSR count). The number of carbonyl (C=O) groups excluding carboxylic acids is 1. The Morgan fingerprint density at radius 2 is 2.12 bits per heavy atom. The first-order chi connectivity index (χ1) is 12.5. The van der Waals surface area contributed by atoms with Gasteiger partial charge in [0, 0.05) is 6.42 Å². The van der Waals surface area contributed by atoms with Gasteiger partial charge >= 0.3 is 0 Å². The van der Waals surface area contributed by atoms with Gasteiger partial charge in [-0.1, -0.05) is 42.0 Å². The molecule has 0 fully saturated rings. The molecule has 1 amide bonds. The van der Waals surface area contributed by atoms with E-state index in [-0.39, 0.29) is 5.91 Å². The molecule has 0 aliphatic carbocycles. The Bertz CT molecular complexity index is 902. The number of nitrogens with zero attached hydrogens (tertiary/aromatic N) is 2. The Morgan fingerprint density at radius 1 is 1.27 bits per heavy atom. The highest BCUT2D eigenvalue weighted by molar-refractivity contribution is 8.00. The third-order valence-electron chi connectivity index (χ3n) is 3.87. The monoisotopic (exact) mass is 387 g/mol. The van der Waals surface area contributed by atoms with Crippen molar-refractivity contribution >= 4 is 34.1 Å². The van der Waals surface area contributed by atoms with E-state index in [0.717, 1.165) is 33.1 Å². The number of hydrogen-bond donors (Lipinski definition) is 1. The average Bonchev–Trinajstić information content (AvgIpc) is 3.25. The van der Waals surface area contributed by atoms with Crippen molar-refractivity contribution < 1.29 is 9.21 Å². The van der Waals surface area contributed by atoms with Gasteiger partial charge in [-0.25, -0.2) is 9.97 Å². The van der Waals surface area contributed by atoms with Crippen molar-refractivity contribution in [1.82, 2.24) is 9.97 Å². The summed E-state index contributed by atoms with van der Waals surface area (Å²) in [5.74, 6) is 2.20. The van der Waals surface area contributed by atoms with E-state index >= 15 is 0 Å². The van der Waals surface area contributed by atoms with E-state index in [2.05, 4.69) is 27.4 Å². The zero-order valence-corrected chi connectivity index (χ0v) is 16.7. The van der Waals surface area contributed by atoms with E-state index in [1.807, 2.05) is 26.8 Å². The van der Waals surface area contributed by atoms with E-state index in [1.165, 1.54) is 11.3 Å². The van der Waals surface area contributed by atoms with Crippen LogP contribution in [0.3, 0.4) is 0 Å². The summed E-state index contributed by atoms with van der Waals surface area (Å²) < 4.78 is 6.61. The van der Waals surface area contributed by atoms with Crippen LogP contribution in [0.15, 0.2) is 39.2 Å². The number of amides is 1. The normalized spacial score (nSPS) is 10.9. The molecule has 2 heterocycles. The van der Waals surface area contributed by atoms with Crippen molar-refractivity contribution in [1.29, 1.82) is 0 Å². The van der Waals surface area contributed by atoms with Gasteiger partial charge < -0.3 is 9.73 Å². The molecule has 0 atom stereocenters. The number of benzene rings is 1. The van der Waals surface area contributed by atoms with E-state index < -0.39 is 0 Å². The fourth-order valence-corrected chi connectivity index (χ4v) is 4.16. The minimum atomic E-state index is -0.0510. The van der Waals surface area contributed by atoms with Crippen molar-refractivity contribution in [2.75, 3.05) is 5.32 Å². The van der Waals surface area contributed by atoms with Gasteiger partial charge in [-0.15, -0.1) is 11.8 Å². The summed E-state index contributed by atoms with van der Waals surface area (Å²) in [5.41, 5.74) is 3.33. The van der Waals surface area contributed by atoms with E-state index in [0.29, 0.717) is 23.2 Å². The Morgan fingerprint density at radius 3 is 2.88 bits per heavy atom. The molecule has 136 valence electrons. The minimum Gasteiger partial charge on any atom is -0.445 e. The highest BCUT2D eigenvalue weighted by atomic mass is 32.2. The molecule has 0 aliphatic rings. The van der Waals surface area contributed by atoms with E-state index in [4.69, 9.17) is 4.42 Å². The second-order valence-corrected chi connectivity index (χ2v) is 8.31. The highest BCUT2D eigenvalue weighted by Gasteiger charge is 2.11. The second kappa shape index (κ2) is 8.51. The van der Waals surface area contributed by atoms with E-state index in [9.17, 15) is 4.79 Å². The smallest absolute Gasteiger partial charge is 0.230 e. The molecular formula is C19H21N3O2S2. The van der Waals surface area contributed by atoms with Crippen molar-refractivity contribution in [2.45, 2.75) is 43.6 Å². The van der Waals surface area contributed by atoms with Gasteiger partial charge in [0.05, 0.1) is 28.8 Å². The van der Waals surface area contributed by atoms with E-state index in [1.54, 1.807) is 24.2 Å². The van der Waals surface area contributed by atoms with Gasteiger partial charge in [0.1, 0.15) is 5.76 Å². The number of hydrogen-bond acceptors (Lipinski definition) is 6. The maximum absolute atomic E-state index is 12.3. The van der Waals surface area contributed by atoms with Crippen LogP contribution in [0.4, 0.5) is 5.13 Å². The first-order valence-corrected chi connectivity index (χ1v) is 10.2. The number of rotatable bonds is 7. The number of thiazole rings is 1. The molecule has 1 aromatic carbocycles. The lowest BCUT2D eigenvalue weighted by atomic mass is 10.0. The summed E-state index contributed by atoms with van der Waals surface area (Å²) in [5, 5.41) is 3.50. The zero-order chi connectivity index (χ0) is 18.5. The Labute approximate surface area is 161 Å². The average molecular weight is 388 g/mol. The summed E-state index contributed by atoms with van der Waals surface area (Å²) in [6.45, 7) is 6.09. The molecule has 0 spiro atoms. The third-order valence-corrected chi connectivity index (χ3v) is 5.97. The quantitative estimate of drug-likeness (QED) is 0.591. The highest BCUT2D eigenvalue weighted by Crippen LogP contribution is 2.30. The molecule has 0 bridgehead atoms. The lowest BCUT2D eigenvalue weighted by molar-refractivity contribution is -0.115. The van der Waals surface area contributed by atoms with Crippen LogP contribution in [0.25, 0.3) is 0 Å². The number of carbonyl (C=O) groups is 1. The van der Waals surface area contributed by atoms with Gasteiger partial charge in [0.25, 0.3) is 0 Å². The van der Waals surface area contributed by atoms with Gasteiger partial charge in [-0.05, 0) is 25.0 Å². The van der Waals surface area contributed by atoms with Crippen LogP contribution in [0, 0.1) is 13.8 Å². The number of anilines is 1. The molecule has 0 aliphatic heterocycles. The van der Waals surface area contributed by atoms with Crippen LogP contribution >= 0.6 is 23.1 Å². The summed E-state index contributed by atoms with van der Waals surface area (Å²) in [6.07, 6.45) is 4.73. The van der Waals surface area contributed by atoms with Gasteiger partial charge in [0.2, 0.25) is 11.8 Å². The number of nitrogens with one attached hydrogen (secondary N) is 1. The molecule has 0 saturated heterocycles. The zero-order valence-electron chi connectivity index (χ0n) is 15.0. The fraction of sp³-hybridized carbons (Fsp3) is 0.316. The largest absolute Gasteiger partial charge is 0.445 e. The fourth-order valence-electron chi connectivity index (χ4n) is 2.42. The van der Waals surface area contributed by atoms with Crippen molar-refractivity contribution in [3.8, 4) is 0 Å².